The van der Waals surface area contributed by atoms with Gasteiger partial charge in [-0.25, -0.2) is 13.2 Å². The fraction of sp³-hybridized carbons (Fsp3) is 0.583. The number of rotatable bonds is 6. The van der Waals surface area contributed by atoms with Crippen LogP contribution in [0.25, 0.3) is 5.57 Å². The summed E-state index contributed by atoms with van der Waals surface area (Å²) in [5.41, 5.74) is 0.746. The van der Waals surface area contributed by atoms with Crippen LogP contribution in [0.1, 0.15) is 37.7 Å². The SMILES string of the molecule is O=C(OC1CCOCC1)N1CCC(CS(=O)(=O)N2CC=C(c3ccccc3)CC2)(C(=O)O)CC1. The number of aliphatic carboxylic acids is 1. The van der Waals surface area contributed by atoms with Gasteiger partial charge in [-0.1, -0.05) is 36.4 Å². The molecule has 4 rings (SSSR count). The zero-order valence-electron chi connectivity index (χ0n) is 19.2. The standard InChI is InChI=1S/C24H32N2O7S/c27-22(28)24(10-14-25(15-11-24)23(29)33-21-8-16-32-17-9-21)18-34(30,31)26-12-6-20(7-13-26)19-4-2-1-3-5-19/h1-6,21H,7-18H2,(H,27,28). The first-order chi connectivity index (χ1) is 16.3. The maximum Gasteiger partial charge on any atom is 0.410 e. The van der Waals surface area contributed by atoms with E-state index in [2.05, 4.69) is 0 Å². The lowest BCUT2D eigenvalue weighted by atomic mass is 9.80. The highest BCUT2D eigenvalue weighted by molar-refractivity contribution is 7.89. The van der Waals surface area contributed by atoms with Gasteiger partial charge in [-0.3, -0.25) is 4.79 Å². The quantitative estimate of drug-likeness (QED) is 0.649. The monoisotopic (exact) mass is 492 g/mol. The van der Waals surface area contributed by atoms with Crippen LogP contribution in [-0.2, 0) is 24.3 Å². The first-order valence-corrected chi connectivity index (χ1v) is 13.4. The van der Waals surface area contributed by atoms with Crippen LogP contribution >= 0.6 is 0 Å². The molecule has 9 nitrogen and oxygen atoms in total. The molecule has 0 saturated carbocycles. The number of sulfonamides is 1. The van der Waals surface area contributed by atoms with Gasteiger partial charge in [-0.2, -0.15) is 4.31 Å². The number of likely N-dealkylation sites (tertiary alicyclic amines) is 1. The number of piperidine rings is 1. The third kappa shape index (κ3) is 5.61. The van der Waals surface area contributed by atoms with Gasteiger partial charge in [0.2, 0.25) is 10.0 Å². The Labute approximate surface area is 200 Å². The van der Waals surface area contributed by atoms with E-state index in [1.54, 1.807) is 0 Å². The molecule has 0 atom stereocenters. The molecule has 34 heavy (non-hydrogen) atoms. The summed E-state index contributed by atoms with van der Waals surface area (Å²) in [5.74, 6) is -1.60. The number of carbonyl (C=O) groups is 2. The molecule has 186 valence electrons. The Morgan fingerprint density at radius 1 is 1.09 bits per heavy atom. The summed E-state index contributed by atoms with van der Waals surface area (Å²) in [6, 6.07) is 9.82. The molecule has 1 aromatic carbocycles. The molecule has 0 radical (unpaired) electrons. The minimum absolute atomic E-state index is 0.0728. The molecule has 3 aliphatic rings. The predicted octanol–water partition coefficient (Wildman–Crippen LogP) is 2.59. The van der Waals surface area contributed by atoms with E-state index >= 15 is 0 Å². The van der Waals surface area contributed by atoms with Crippen molar-refractivity contribution in [3.8, 4) is 0 Å². The number of benzene rings is 1. The maximum atomic E-state index is 13.2. The number of hydrogen-bond donors (Lipinski definition) is 1. The van der Waals surface area contributed by atoms with Gasteiger partial charge in [-0.05, 0) is 30.4 Å². The van der Waals surface area contributed by atoms with Crippen molar-refractivity contribution in [2.75, 3.05) is 45.1 Å². The average Bonchev–Trinajstić information content (AvgIpc) is 2.85. The van der Waals surface area contributed by atoms with Gasteiger partial charge < -0.3 is 19.5 Å². The van der Waals surface area contributed by atoms with Crippen molar-refractivity contribution in [3.63, 3.8) is 0 Å². The van der Waals surface area contributed by atoms with Gasteiger partial charge in [0.25, 0.3) is 0 Å². The van der Waals surface area contributed by atoms with Crippen molar-refractivity contribution in [2.24, 2.45) is 5.41 Å². The first-order valence-electron chi connectivity index (χ1n) is 11.8. The zero-order chi connectivity index (χ0) is 24.2. The smallest absolute Gasteiger partial charge is 0.410 e. The van der Waals surface area contributed by atoms with E-state index in [1.165, 1.54) is 9.21 Å². The topological polar surface area (TPSA) is 113 Å². The Bertz CT molecular complexity index is 1010. The van der Waals surface area contributed by atoms with Crippen LogP contribution < -0.4 is 0 Å². The summed E-state index contributed by atoms with van der Waals surface area (Å²) in [5, 5.41) is 9.98. The molecule has 0 bridgehead atoms. The zero-order valence-corrected chi connectivity index (χ0v) is 20.0. The fourth-order valence-corrected chi connectivity index (χ4v) is 6.77. The number of hydrogen-bond acceptors (Lipinski definition) is 6. The Morgan fingerprint density at radius 3 is 2.35 bits per heavy atom. The van der Waals surface area contributed by atoms with Gasteiger partial charge in [0.15, 0.2) is 0 Å². The van der Waals surface area contributed by atoms with Crippen LogP contribution in [0.5, 0.6) is 0 Å². The third-order valence-electron chi connectivity index (χ3n) is 7.04. The lowest BCUT2D eigenvalue weighted by Crippen LogP contribution is -2.52. The summed E-state index contributed by atoms with van der Waals surface area (Å²) >= 11 is 0. The molecule has 0 unspecified atom stereocenters. The number of carboxylic acids is 1. The van der Waals surface area contributed by atoms with Crippen LogP contribution in [0.2, 0.25) is 0 Å². The lowest BCUT2D eigenvalue weighted by molar-refractivity contribution is -0.150. The van der Waals surface area contributed by atoms with E-state index < -0.39 is 33.3 Å². The summed E-state index contributed by atoms with van der Waals surface area (Å²) in [6.45, 7) is 1.96. The van der Waals surface area contributed by atoms with Crippen LogP contribution in [0.15, 0.2) is 36.4 Å². The number of carboxylic acid groups (broad SMARTS) is 1. The van der Waals surface area contributed by atoms with Crippen LogP contribution in [0.4, 0.5) is 4.79 Å². The fourth-order valence-electron chi connectivity index (χ4n) is 4.81. The summed E-state index contributed by atoms with van der Waals surface area (Å²) < 4.78 is 38.6. The number of ether oxygens (including phenoxy) is 2. The molecule has 3 heterocycles. The number of nitrogens with zero attached hydrogens (tertiary/aromatic N) is 2. The Kier molecular flexibility index (Phi) is 7.59. The lowest BCUT2D eigenvalue weighted by Gasteiger charge is -2.39. The molecule has 0 aliphatic carbocycles. The Balaban J connectivity index is 1.36. The number of carbonyl (C=O) groups excluding carboxylic acids is 1. The molecule has 3 aliphatic heterocycles. The van der Waals surface area contributed by atoms with Gasteiger partial charge in [0, 0.05) is 39.0 Å². The van der Waals surface area contributed by atoms with Crippen molar-refractivity contribution in [2.45, 2.75) is 38.2 Å². The molecule has 0 spiro atoms. The highest BCUT2D eigenvalue weighted by atomic mass is 32.2. The minimum atomic E-state index is -3.79. The Morgan fingerprint density at radius 2 is 1.76 bits per heavy atom. The van der Waals surface area contributed by atoms with Crippen molar-refractivity contribution in [1.29, 1.82) is 0 Å². The van der Waals surface area contributed by atoms with Crippen molar-refractivity contribution < 1.29 is 32.6 Å². The first kappa shape index (κ1) is 24.7. The van der Waals surface area contributed by atoms with Crippen LogP contribution in [0.3, 0.4) is 0 Å². The van der Waals surface area contributed by atoms with Crippen LogP contribution in [0, 0.1) is 5.41 Å². The minimum Gasteiger partial charge on any atom is -0.481 e. The second-order valence-corrected chi connectivity index (χ2v) is 11.2. The molecule has 1 aromatic rings. The van der Waals surface area contributed by atoms with Gasteiger partial charge in [-0.15, -0.1) is 0 Å². The van der Waals surface area contributed by atoms with E-state index in [-0.39, 0.29) is 38.6 Å². The second kappa shape index (κ2) is 10.5. The van der Waals surface area contributed by atoms with Gasteiger partial charge >= 0.3 is 12.1 Å². The van der Waals surface area contributed by atoms with Crippen molar-refractivity contribution >= 4 is 27.7 Å². The number of amides is 1. The third-order valence-corrected chi connectivity index (χ3v) is 9.07. The van der Waals surface area contributed by atoms with E-state index in [4.69, 9.17) is 9.47 Å². The van der Waals surface area contributed by atoms with Gasteiger partial charge in [0.05, 0.1) is 24.4 Å². The largest absolute Gasteiger partial charge is 0.481 e. The summed E-state index contributed by atoms with van der Waals surface area (Å²) in [7, 11) is -3.79. The maximum absolute atomic E-state index is 13.2. The van der Waals surface area contributed by atoms with E-state index in [1.807, 2.05) is 36.4 Å². The van der Waals surface area contributed by atoms with Gasteiger partial charge in [0.1, 0.15) is 6.10 Å². The van der Waals surface area contributed by atoms with E-state index in [0.29, 0.717) is 39.0 Å². The molecular formula is C24H32N2O7S. The molecule has 10 heteroatoms. The highest BCUT2D eigenvalue weighted by Gasteiger charge is 2.47. The Hall–Kier alpha value is -2.43. The van der Waals surface area contributed by atoms with Crippen molar-refractivity contribution in [1.82, 2.24) is 9.21 Å². The summed E-state index contributed by atoms with van der Waals surface area (Å²) in [6.07, 6.45) is 3.25. The summed E-state index contributed by atoms with van der Waals surface area (Å²) in [4.78, 5) is 26.2. The normalized spacial score (nSPS) is 22.1. The second-order valence-electron chi connectivity index (χ2n) is 9.23. The molecule has 1 amide bonds. The average molecular weight is 493 g/mol. The van der Waals surface area contributed by atoms with Crippen molar-refractivity contribution in [3.05, 3.63) is 42.0 Å². The molecule has 2 fully saturated rings. The molecule has 2 saturated heterocycles. The highest BCUT2D eigenvalue weighted by Crippen LogP contribution is 2.35. The predicted molar refractivity (Wildman–Crippen MR) is 126 cm³/mol. The molecular weight excluding hydrogens is 460 g/mol. The molecule has 0 aromatic heterocycles. The molecule has 1 N–H and O–H groups in total. The van der Waals surface area contributed by atoms with Crippen LogP contribution in [-0.4, -0.2) is 86.0 Å². The van der Waals surface area contributed by atoms with E-state index in [0.717, 1.165) is 11.1 Å². The van der Waals surface area contributed by atoms with E-state index in [9.17, 15) is 23.1 Å².